The Labute approximate surface area is 470 Å². The van der Waals surface area contributed by atoms with Crippen LogP contribution in [0.15, 0.2) is 85.1 Å². The maximum Gasteiger partial charge on any atom is 0.224 e. The molecule has 0 aliphatic carbocycles. The lowest BCUT2D eigenvalue weighted by Crippen LogP contribution is -2.66. The van der Waals surface area contributed by atoms with Gasteiger partial charge in [0.25, 0.3) is 0 Å². The largest absolute Gasteiger partial charge is 0.394 e. The molecule has 0 aromatic carbocycles. The van der Waals surface area contributed by atoms with Gasteiger partial charge in [-0.2, -0.15) is 0 Å². The number of hydrogen-bond acceptors (Lipinski definition) is 18. The number of unbranched alkanes of at least 4 members (excludes halogenated alkanes) is 14. The highest BCUT2D eigenvalue weighted by atomic mass is 16.8. The number of hydrogen-bond donors (Lipinski definition) is 12. The number of carbonyl (C=O) groups excluding carboxylic acids is 1. The molecule has 3 rings (SSSR count). The van der Waals surface area contributed by atoms with Crippen molar-refractivity contribution >= 4 is 5.91 Å². The number of nitrogens with one attached hydrogen (secondary N) is 1. The Morgan fingerprint density at radius 2 is 0.886 bits per heavy atom. The second-order valence-electron chi connectivity index (χ2n) is 20.7. The molecule has 17 unspecified atom stereocenters. The third kappa shape index (κ3) is 26.8. The number of amides is 1. The average Bonchev–Trinajstić information content (AvgIpc) is 3.47. The van der Waals surface area contributed by atoms with Crippen molar-refractivity contribution in [2.24, 2.45) is 0 Å². The second kappa shape index (κ2) is 42.7. The first-order chi connectivity index (χ1) is 38.3. The molecule has 19 nitrogen and oxygen atoms in total. The van der Waals surface area contributed by atoms with Crippen LogP contribution in [0, 0.1) is 0 Å². The lowest BCUT2D eigenvalue weighted by molar-refractivity contribution is -0.379. The van der Waals surface area contributed by atoms with Crippen LogP contribution in [-0.4, -0.2) is 193 Å². The summed E-state index contributed by atoms with van der Waals surface area (Å²) in [5, 5.41) is 120. The minimum atomic E-state index is -1.99. The molecule has 0 saturated carbocycles. The molecule has 454 valence electrons. The van der Waals surface area contributed by atoms with E-state index in [0.29, 0.717) is 12.8 Å². The SMILES string of the molecule is CC/C=C\C/C=C\C/C=C\C/C=C\C/C=C\CC(=O)NC(COC1OC(CO)C(OC2OC(CO)C(OC3OC(CO)C(O)C(O)C3O)C(O)C2O)C(O)C1O)C(O)/C=C/CC/C=C/CCCCCCCCCCCCCCC. The lowest BCUT2D eigenvalue weighted by atomic mass is 9.96. The normalized spacial score (nSPS) is 30.9. The van der Waals surface area contributed by atoms with E-state index in [0.717, 1.165) is 44.9 Å². The van der Waals surface area contributed by atoms with Gasteiger partial charge in [-0.1, -0.05) is 176 Å². The van der Waals surface area contributed by atoms with E-state index in [1.54, 1.807) is 12.2 Å². The van der Waals surface area contributed by atoms with Gasteiger partial charge < -0.3 is 89.9 Å². The Kier molecular flexibility index (Phi) is 38.0. The zero-order valence-corrected chi connectivity index (χ0v) is 47.1. The number of aliphatic hydroxyl groups excluding tert-OH is 11. The van der Waals surface area contributed by atoms with Crippen molar-refractivity contribution in [3.63, 3.8) is 0 Å². The molecule has 0 aromatic heterocycles. The minimum Gasteiger partial charge on any atom is -0.394 e. The van der Waals surface area contributed by atoms with Crippen molar-refractivity contribution < 1.29 is 89.4 Å². The highest BCUT2D eigenvalue weighted by molar-refractivity contribution is 5.77. The molecule has 0 spiro atoms. The zero-order chi connectivity index (χ0) is 57.6. The van der Waals surface area contributed by atoms with Crippen molar-refractivity contribution in [1.82, 2.24) is 5.32 Å². The zero-order valence-electron chi connectivity index (χ0n) is 47.1. The lowest BCUT2D eigenvalue weighted by Gasteiger charge is -2.48. The van der Waals surface area contributed by atoms with Gasteiger partial charge in [0.2, 0.25) is 5.91 Å². The summed E-state index contributed by atoms with van der Waals surface area (Å²) in [6, 6.07) is -1.05. The minimum absolute atomic E-state index is 0.00107. The quantitative estimate of drug-likeness (QED) is 0.0289. The van der Waals surface area contributed by atoms with Crippen molar-refractivity contribution in [1.29, 1.82) is 0 Å². The second-order valence-corrected chi connectivity index (χ2v) is 20.7. The average molecular weight is 1120 g/mol. The Hall–Kier alpha value is -3.03. The van der Waals surface area contributed by atoms with E-state index < -0.39 is 137 Å². The fraction of sp³-hybridized carbons (Fsp3) is 0.750. The Bertz CT molecular complexity index is 1770. The van der Waals surface area contributed by atoms with Gasteiger partial charge in [-0.25, -0.2) is 0 Å². The van der Waals surface area contributed by atoms with E-state index in [1.807, 2.05) is 24.3 Å². The van der Waals surface area contributed by atoms with Crippen molar-refractivity contribution in [3.8, 4) is 0 Å². The molecule has 17 atom stereocenters. The summed E-state index contributed by atoms with van der Waals surface area (Å²) in [6.07, 6.45) is 24.6. The molecule has 3 heterocycles. The fourth-order valence-corrected chi connectivity index (χ4v) is 9.39. The van der Waals surface area contributed by atoms with E-state index in [2.05, 4.69) is 67.8 Å². The first-order valence-electron chi connectivity index (χ1n) is 29.3. The molecule has 0 bridgehead atoms. The Balaban J connectivity index is 1.55. The molecule has 0 radical (unpaired) electrons. The predicted octanol–water partition coefficient (Wildman–Crippen LogP) is 4.81. The number of ether oxygens (including phenoxy) is 6. The van der Waals surface area contributed by atoms with Crippen molar-refractivity contribution in [2.45, 2.75) is 259 Å². The van der Waals surface area contributed by atoms with E-state index in [-0.39, 0.29) is 6.42 Å². The van der Waals surface area contributed by atoms with E-state index in [4.69, 9.17) is 28.4 Å². The van der Waals surface area contributed by atoms with Crippen LogP contribution in [0.5, 0.6) is 0 Å². The van der Waals surface area contributed by atoms with Crippen molar-refractivity contribution in [2.75, 3.05) is 26.4 Å². The molecule has 3 saturated heterocycles. The molecule has 19 heteroatoms. The number of rotatable bonds is 41. The standard InChI is InChI=1S/C60H101NO18/c1-3-5-7-9-11-13-15-17-19-20-21-22-24-25-27-29-31-33-35-37-44(65)43(61-48(66)38-36-34-32-30-28-26-23-18-16-14-12-10-8-6-4-2)42-74-58-54(72)51(69)56(46(40-63)76-58)79-60-55(73)52(70)57(47(41-64)77-60)78-59-53(71)50(68)49(67)45(39-62)75-59/h6,8,12,14,18,23,27-30,34-37,43-47,49-60,62-65,67-73H,3-5,7,9-11,13,15-17,19-22,24-26,31-33,38-42H2,1-2H3,(H,61,66)/b8-6-,14-12-,23-18-,29-27+,30-28-,36-34-,37-35+. The molecule has 3 aliphatic heterocycles. The maximum atomic E-state index is 13.2. The molecule has 79 heavy (non-hydrogen) atoms. The molecule has 1 amide bonds. The monoisotopic (exact) mass is 1120 g/mol. The molecule has 0 aromatic rings. The van der Waals surface area contributed by atoms with E-state index in [1.165, 1.54) is 77.0 Å². The van der Waals surface area contributed by atoms with E-state index in [9.17, 15) is 61.0 Å². The van der Waals surface area contributed by atoms with Gasteiger partial charge in [0.05, 0.1) is 38.6 Å². The summed E-state index contributed by atoms with van der Waals surface area (Å²) in [5.41, 5.74) is 0. The highest BCUT2D eigenvalue weighted by Crippen LogP contribution is 2.33. The maximum absolute atomic E-state index is 13.2. The highest BCUT2D eigenvalue weighted by Gasteiger charge is 2.53. The summed E-state index contributed by atoms with van der Waals surface area (Å²) < 4.78 is 34.1. The van der Waals surface area contributed by atoms with Crippen LogP contribution in [0.25, 0.3) is 0 Å². The third-order valence-electron chi connectivity index (χ3n) is 14.2. The smallest absolute Gasteiger partial charge is 0.224 e. The van der Waals surface area contributed by atoms with Gasteiger partial charge in [0, 0.05) is 6.42 Å². The molecule has 3 fully saturated rings. The van der Waals surface area contributed by atoms with Crippen LogP contribution in [0.3, 0.4) is 0 Å². The van der Waals surface area contributed by atoms with Gasteiger partial charge in [-0.05, 0) is 57.8 Å². The van der Waals surface area contributed by atoms with Gasteiger partial charge in [-0.15, -0.1) is 0 Å². The summed E-state index contributed by atoms with van der Waals surface area (Å²) in [4.78, 5) is 13.2. The number of aliphatic hydroxyl groups is 11. The van der Waals surface area contributed by atoms with Crippen LogP contribution in [0.1, 0.15) is 155 Å². The molecular weight excluding hydrogens is 1020 g/mol. The Morgan fingerprint density at radius 3 is 1.39 bits per heavy atom. The summed E-state index contributed by atoms with van der Waals surface area (Å²) >= 11 is 0. The molecule has 12 N–H and O–H groups in total. The topological polar surface area (TPSA) is 307 Å². The van der Waals surface area contributed by atoms with Crippen LogP contribution in [0.2, 0.25) is 0 Å². The van der Waals surface area contributed by atoms with Crippen LogP contribution >= 0.6 is 0 Å². The first kappa shape index (κ1) is 70.2. The Morgan fingerprint density at radius 1 is 0.468 bits per heavy atom. The van der Waals surface area contributed by atoms with Gasteiger partial charge in [0.15, 0.2) is 18.9 Å². The van der Waals surface area contributed by atoms with Crippen molar-refractivity contribution in [3.05, 3.63) is 85.1 Å². The number of carbonyl (C=O) groups is 1. The molecule has 3 aliphatic rings. The van der Waals surface area contributed by atoms with Gasteiger partial charge >= 0.3 is 0 Å². The van der Waals surface area contributed by atoms with Crippen LogP contribution < -0.4 is 5.32 Å². The van der Waals surface area contributed by atoms with Crippen LogP contribution in [0.4, 0.5) is 0 Å². The molecular formula is C60H101NO18. The summed E-state index contributed by atoms with van der Waals surface area (Å²) in [5.74, 6) is -0.416. The van der Waals surface area contributed by atoms with Gasteiger partial charge in [-0.3, -0.25) is 4.79 Å². The number of allylic oxidation sites excluding steroid dienone is 12. The fourth-order valence-electron chi connectivity index (χ4n) is 9.39. The van der Waals surface area contributed by atoms with Gasteiger partial charge in [0.1, 0.15) is 73.2 Å². The first-order valence-corrected chi connectivity index (χ1v) is 29.3. The van der Waals surface area contributed by atoms with E-state index >= 15 is 0 Å². The predicted molar refractivity (Wildman–Crippen MR) is 300 cm³/mol. The summed E-state index contributed by atoms with van der Waals surface area (Å²) in [7, 11) is 0. The summed E-state index contributed by atoms with van der Waals surface area (Å²) in [6.45, 7) is 1.49. The van der Waals surface area contributed by atoms with Crippen LogP contribution in [-0.2, 0) is 33.2 Å². The third-order valence-corrected chi connectivity index (χ3v) is 14.2.